The molecule has 15 aromatic rings. The number of furan rings is 3. The quantitative estimate of drug-likeness (QED) is 0.152. The number of para-hydroxylation sites is 4. The maximum Gasteiger partial charge on any atom is 0.159 e. The molecular weight excluding hydrogens is 989 g/mol. The lowest BCUT2D eigenvalue weighted by Gasteiger charge is -2.33. The van der Waals surface area contributed by atoms with Gasteiger partial charge >= 0.3 is 0 Å². The first-order valence-corrected chi connectivity index (χ1v) is 28.8. The average Bonchev–Trinajstić information content (AvgIpc) is 4.45. The summed E-state index contributed by atoms with van der Waals surface area (Å²) in [6.07, 6.45) is 8.86. The molecule has 0 saturated carbocycles. The molecule has 0 aliphatic heterocycles. The van der Waals surface area contributed by atoms with Gasteiger partial charge in [-0.05, 0) is 179 Å². The summed E-state index contributed by atoms with van der Waals surface area (Å²) < 4.78 is 20.8. The molecule has 2 aliphatic carbocycles. The zero-order valence-corrected chi connectivity index (χ0v) is 44.7. The summed E-state index contributed by atoms with van der Waals surface area (Å²) in [7, 11) is 0. The van der Waals surface area contributed by atoms with Crippen LogP contribution in [-0.2, 0) is 25.7 Å². The molecule has 3 aromatic heterocycles. The van der Waals surface area contributed by atoms with Gasteiger partial charge in [-0.1, -0.05) is 158 Å². The molecule has 5 nitrogen and oxygen atoms in total. The van der Waals surface area contributed by atoms with Crippen molar-refractivity contribution < 1.29 is 13.3 Å². The highest BCUT2D eigenvalue weighted by Crippen LogP contribution is 2.52. The SMILES string of the molecule is c1ccc(-c2ccc3c(c2N(c2ccc4cc5c(cc4c2)oc2cc4cc(N(c6c(-c7ccccc7)ccc7c6CCCC7)c6cccc7c6oc6ccccc67)ccc4cc25)c2cccc4c2oc2ccccc24)CCCC3)cc1. The third kappa shape index (κ3) is 7.38. The largest absolute Gasteiger partial charge is 0.456 e. The Balaban J connectivity index is 0.847. The number of fused-ring (bicyclic) bond motifs is 13. The summed E-state index contributed by atoms with van der Waals surface area (Å²) in [5, 5.41) is 11.2. The second-order valence-corrected chi connectivity index (χ2v) is 22.4. The Hall–Kier alpha value is -9.84. The number of benzene rings is 12. The molecule has 0 unspecified atom stereocenters. The van der Waals surface area contributed by atoms with Crippen LogP contribution in [0.1, 0.15) is 47.9 Å². The number of nitrogens with zero attached hydrogens (tertiary/aromatic N) is 2. The van der Waals surface area contributed by atoms with Crippen LogP contribution in [0.2, 0.25) is 0 Å². The first-order chi connectivity index (χ1) is 40.1. The third-order valence-corrected chi connectivity index (χ3v) is 17.7. The van der Waals surface area contributed by atoms with E-state index in [2.05, 4.69) is 240 Å². The van der Waals surface area contributed by atoms with Crippen molar-refractivity contribution in [1.82, 2.24) is 0 Å². The molecule has 17 rings (SSSR count). The summed E-state index contributed by atoms with van der Waals surface area (Å²) in [6, 6.07) is 84.3. The standard InChI is InChI=1S/C76H54N2O3/c1-3-17-47(18-4-1)59-39-35-49-21-7-9-23-57(49)73(59)77(67-29-15-27-63-61-25-11-13-31-69(61)80-75(63)67)55-37-33-51-43-65-66-44-52-34-38-56(42-54(52)46-72(66)79-71(65)45-53(51)41-55)78(68-30-16-28-64-62-26-12-14-32-70(62)81-76(64)68)74-58-24-10-8-22-50(58)36-40-60(74)48-19-5-2-6-20-48/h1-6,11-20,25-46H,7-10,21-24H2. The van der Waals surface area contributed by atoms with E-state index in [1.165, 1.54) is 68.7 Å². The highest BCUT2D eigenvalue weighted by atomic mass is 16.3. The van der Waals surface area contributed by atoms with Crippen LogP contribution in [0.3, 0.4) is 0 Å². The van der Waals surface area contributed by atoms with Crippen molar-refractivity contribution >= 4 is 121 Å². The van der Waals surface area contributed by atoms with Gasteiger partial charge in [0.05, 0.1) is 22.7 Å². The predicted molar refractivity (Wildman–Crippen MR) is 337 cm³/mol. The van der Waals surface area contributed by atoms with Crippen LogP contribution in [-0.4, -0.2) is 0 Å². The van der Waals surface area contributed by atoms with Crippen molar-refractivity contribution in [2.75, 3.05) is 9.80 Å². The number of anilines is 6. The normalized spacial score (nSPS) is 13.5. The van der Waals surface area contributed by atoms with Crippen molar-refractivity contribution in [3.05, 3.63) is 253 Å². The summed E-state index contributed by atoms with van der Waals surface area (Å²) >= 11 is 0. The molecule has 386 valence electrons. The topological polar surface area (TPSA) is 45.9 Å². The molecule has 0 N–H and O–H groups in total. The maximum absolute atomic E-state index is 7.04. The molecule has 0 atom stereocenters. The van der Waals surface area contributed by atoms with E-state index in [4.69, 9.17) is 13.3 Å². The van der Waals surface area contributed by atoms with E-state index in [1.807, 2.05) is 0 Å². The minimum atomic E-state index is 0.861. The molecule has 3 heterocycles. The second-order valence-electron chi connectivity index (χ2n) is 22.4. The minimum absolute atomic E-state index is 0.861. The highest BCUT2D eigenvalue weighted by molar-refractivity contribution is 6.16. The van der Waals surface area contributed by atoms with Gasteiger partial charge in [0.2, 0.25) is 0 Å². The molecule has 0 bridgehead atoms. The average molecular weight is 1040 g/mol. The fraction of sp³-hybridized carbons (Fsp3) is 0.105. The molecule has 0 fully saturated rings. The fourth-order valence-corrected chi connectivity index (χ4v) is 13.9. The van der Waals surface area contributed by atoms with Crippen molar-refractivity contribution in [1.29, 1.82) is 0 Å². The van der Waals surface area contributed by atoms with Crippen LogP contribution in [0.25, 0.3) is 110 Å². The summed E-state index contributed by atoms with van der Waals surface area (Å²) in [5.74, 6) is 0. The summed E-state index contributed by atoms with van der Waals surface area (Å²) in [6.45, 7) is 0. The smallest absolute Gasteiger partial charge is 0.159 e. The minimum Gasteiger partial charge on any atom is -0.456 e. The van der Waals surface area contributed by atoms with Crippen molar-refractivity contribution in [3.63, 3.8) is 0 Å². The van der Waals surface area contributed by atoms with Crippen molar-refractivity contribution in [2.45, 2.75) is 51.4 Å². The van der Waals surface area contributed by atoms with E-state index in [0.717, 1.165) is 149 Å². The third-order valence-electron chi connectivity index (χ3n) is 17.7. The fourth-order valence-electron chi connectivity index (χ4n) is 13.9. The molecule has 12 aromatic carbocycles. The lowest BCUT2D eigenvalue weighted by atomic mass is 9.86. The Bertz CT molecular complexity index is 4710. The number of aryl methyl sites for hydroxylation is 2. The second kappa shape index (κ2) is 18.4. The highest BCUT2D eigenvalue weighted by Gasteiger charge is 2.30. The summed E-state index contributed by atoms with van der Waals surface area (Å²) in [5.41, 5.74) is 22.3. The van der Waals surface area contributed by atoms with E-state index >= 15 is 0 Å². The first kappa shape index (κ1) is 46.1. The van der Waals surface area contributed by atoms with Crippen LogP contribution >= 0.6 is 0 Å². The van der Waals surface area contributed by atoms with Crippen molar-refractivity contribution in [3.8, 4) is 22.3 Å². The number of hydrogen-bond donors (Lipinski definition) is 0. The van der Waals surface area contributed by atoms with Crippen LogP contribution in [0.4, 0.5) is 34.1 Å². The molecule has 2 aliphatic rings. The Morgan fingerprint density at radius 2 is 0.716 bits per heavy atom. The van der Waals surface area contributed by atoms with E-state index in [-0.39, 0.29) is 0 Å². The van der Waals surface area contributed by atoms with Gasteiger partial charge in [0.25, 0.3) is 0 Å². The van der Waals surface area contributed by atoms with Gasteiger partial charge in [0.15, 0.2) is 11.2 Å². The van der Waals surface area contributed by atoms with Crippen LogP contribution < -0.4 is 9.80 Å². The van der Waals surface area contributed by atoms with E-state index in [0.29, 0.717) is 0 Å². The van der Waals surface area contributed by atoms with Gasteiger partial charge in [0, 0.05) is 54.8 Å². The number of rotatable bonds is 8. The molecule has 5 heteroatoms. The van der Waals surface area contributed by atoms with Crippen LogP contribution in [0.5, 0.6) is 0 Å². The zero-order chi connectivity index (χ0) is 53.1. The first-order valence-electron chi connectivity index (χ1n) is 28.8. The van der Waals surface area contributed by atoms with Gasteiger partial charge < -0.3 is 23.1 Å². The van der Waals surface area contributed by atoms with Crippen LogP contribution in [0, 0.1) is 0 Å². The molecular formula is C76H54N2O3. The molecule has 0 spiro atoms. The Labute approximate surface area is 468 Å². The molecule has 0 amide bonds. The van der Waals surface area contributed by atoms with E-state index in [9.17, 15) is 0 Å². The van der Waals surface area contributed by atoms with E-state index < -0.39 is 0 Å². The van der Waals surface area contributed by atoms with Gasteiger partial charge in [-0.25, -0.2) is 0 Å². The number of hydrogen-bond acceptors (Lipinski definition) is 5. The monoisotopic (exact) mass is 1040 g/mol. The molecule has 0 radical (unpaired) electrons. The Kier molecular flexibility index (Phi) is 10.5. The van der Waals surface area contributed by atoms with Crippen LogP contribution in [0.15, 0.2) is 244 Å². The lowest BCUT2D eigenvalue weighted by molar-refractivity contribution is 0.668. The van der Waals surface area contributed by atoms with Gasteiger partial charge in [-0.2, -0.15) is 0 Å². The lowest BCUT2D eigenvalue weighted by Crippen LogP contribution is -2.17. The van der Waals surface area contributed by atoms with Gasteiger partial charge in [-0.15, -0.1) is 0 Å². The molecule has 0 saturated heterocycles. The Morgan fingerprint density at radius 1 is 0.284 bits per heavy atom. The van der Waals surface area contributed by atoms with Crippen molar-refractivity contribution in [2.24, 2.45) is 0 Å². The summed E-state index contributed by atoms with van der Waals surface area (Å²) in [4.78, 5) is 4.99. The van der Waals surface area contributed by atoms with Gasteiger partial charge in [0.1, 0.15) is 22.3 Å². The molecule has 81 heavy (non-hydrogen) atoms. The van der Waals surface area contributed by atoms with Gasteiger partial charge in [-0.3, -0.25) is 0 Å². The van der Waals surface area contributed by atoms with E-state index in [1.54, 1.807) is 0 Å². The Morgan fingerprint density at radius 3 is 1.20 bits per heavy atom. The maximum atomic E-state index is 7.04. The predicted octanol–water partition coefficient (Wildman–Crippen LogP) is 21.7. The zero-order valence-electron chi connectivity index (χ0n) is 44.7.